The highest BCUT2D eigenvalue weighted by Crippen LogP contribution is 2.31. The third-order valence-corrected chi connectivity index (χ3v) is 4.45. The number of benzene rings is 2. The van der Waals surface area contributed by atoms with Gasteiger partial charge < -0.3 is 0 Å². The third kappa shape index (κ3) is 1.80. The molecule has 0 N–H and O–H groups in total. The highest BCUT2D eigenvalue weighted by Gasteiger charge is 2.10. The van der Waals surface area contributed by atoms with Crippen LogP contribution in [0.5, 0.6) is 0 Å². The van der Waals surface area contributed by atoms with Gasteiger partial charge in [0, 0.05) is 16.8 Å². The lowest BCUT2D eigenvalue weighted by Gasteiger charge is -1.95. The van der Waals surface area contributed by atoms with Crippen LogP contribution in [-0.2, 0) is 0 Å². The molecule has 5 heteroatoms. The number of fused-ring (bicyclic) bond motifs is 3. The molecule has 0 aliphatic heterocycles. The van der Waals surface area contributed by atoms with Gasteiger partial charge >= 0.3 is 0 Å². The smallest absolute Gasteiger partial charge is 0.195 e. The molecule has 0 radical (unpaired) electrons. The number of thiazole rings is 1. The first-order valence-electron chi connectivity index (χ1n) is 6.04. The number of rotatable bonds is 1. The lowest BCUT2D eigenvalue weighted by atomic mass is 10.2. The molecule has 4 aromatic rings. The Kier molecular flexibility index (Phi) is 2.55. The maximum atomic E-state index is 13.0. The predicted octanol–water partition coefficient (Wildman–Crippen LogP) is 5.01. The molecule has 0 fully saturated rings. The standard InChI is InChI=1S/C15H8ClFN2S/c16-10-3-6-13-14(7-10)20-15-18-12(8-19(13)15)9-1-4-11(17)5-2-9/h1-8H. The summed E-state index contributed by atoms with van der Waals surface area (Å²) in [5.74, 6) is -0.241. The molecular formula is C15H8ClFN2S. The van der Waals surface area contributed by atoms with E-state index in [0.717, 1.165) is 31.5 Å². The summed E-state index contributed by atoms with van der Waals surface area (Å²) in [4.78, 5) is 5.50. The molecular weight excluding hydrogens is 295 g/mol. The van der Waals surface area contributed by atoms with Crippen molar-refractivity contribution in [3.63, 3.8) is 0 Å². The van der Waals surface area contributed by atoms with Gasteiger partial charge in [0.25, 0.3) is 0 Å². The van der Waals surface area contributed by atoms with E-state index in [0.29, 0.717) is 0 Å². The second-order valence-electron chi connectivity index (χ2n) is 4.50. The first-order chi connectivity index (χ1) is 9.70. The fourth-order valence-electron chi connectivity index (χ4n) is 2.23. The van der Waals surface area contributed by atoms with Gasteiger partial charge in [-0.25, -0.2) is 9.37 Å². The van der Waals surface area contributed by atoms with E-state index in [1.54, 1.807) is 23.5 Å². The topological polar surface area (TPSA) is 17.3 Å². The Labute approximate surface area is 123 Å². The predicted molar refractivity (Wildman–Crippen MR) is 81.0 cm³/mol. The lowest BCUT2D eigenvalue weighted by Crippen LogP contribution is -1.79. The minimum absolute atomic E-state index is 0.241. The summed E-state index contributed by atoms with van der Waals surface area (Å²) in [6, 6.07) is 12.2. The molecule has 20 heavy (non-hydrogen) atoms. The van der Waals surface area contributed by atoms with Crippen LogP contribution in [0.3, 0.4) is 0 Å². The van der Waals surface area contributed by atoms with Gasteiger partial charge in [0.15, 0.2) is 4.96 Å². The number of hydrogen-bond donors (Lipinski definition) is 0. The molecule has 0 aliphatic carbocycles. The highest BCUT2D eigenvalue weighted by atomic mass is 35.5. The zero-order valence-electron chi connectivity index (χ0n) is 10.2. The number of imidazole rings is 1. The molecule has 2 nitrogen and oxygen atoms in total. The summed E-state index contributed by atoms with van der Waals surface area (Å²) in [5.41, 5.74) is 2.83. The Morgan fingerprint density at radius 2 is 1.90 bits per heavy atom. The Balaban J connectivity index is 1.93. The molecule has 0 amide bonds. The molecule has 0 spiro atoms. The van der Waals surface area contributed by atoms with Crippen molar-refractivity contribution in [3.05, 3.63) is 59.5 Å². The van der Waals surface area contributed by atoms with Crippen molar-refractivity contribution in [1.29, 1.82) is 0 Å². The molecule has 0 aliphatic rings. The second-order valence-corrected chi connectivity index (χ2v) is 5.95. The number of halogens is 2. The van der Waals surface area contributed by atoms with E-state index in [2.05, 4.69) is 4.98 Å². The SMILES string of the molecule is Fc1ccc(-c2cn3c(n2)sc2cc(Cl)ccc23)cc1. The van der Waals surface area contributed by atoms with Gasteiger partial charge in [-0.05, 0) is 42.5 Å². The van der Waals surface area contributed by atoms with E-state index in [9.17, 15) is 4.39 Å². The van der Waals surface area contributed by atoms with E-state index >= 15 is 0 Å². The van der Waals surface area contributed by atoms with Gasteiger partial charge in [0.1, 0.15) is 5.82 Å². The number of aromatic nitrogens is 2. The zero-order valence-corrected chi connectivity index (χ0v) is 11.7. The van der Waals surface area contributed by atoms with Crippen LogP contribution in [0, 0.1) is 5.82 Å². The first kappa shape index (κ1) is 11.9. The summed E-state index contributed by atoms with van der Waals surface area (Å²) >= 11 is 7.58. The molecule has 2 heterocycles. The van der Waals surface area contributed by atoms with Crippen molar-refractivity contribution in [3.8, 4) is 11.3 Å². The maximum absolute atomic E-state index is 13.0. The van der Waals surface area contributed by atoms with Crippen LogP contribution in [0.1, 0.15) is 0 Å². The average molecular weight is 303 g/mol. The van der Waals surface area contributed by atoms with Gasteiger partial charge in [-0.2, -0.15) is 0 Å². The molecule has 2 aromatic heterocycles. The molecule has 0 unspecified atom stereocenters. The van der Waals surface area contributed by atoms with Crippen LogP contribution in [0.2, 0.25) is 5.02 Å². The van der Waals surface area contributed by atoms with Crippen molar-refractivity contribution in [2.24, 2.45) is 0 Å². The summed E-state index contributed by atoms with van der Waals surface area (Å²) in [5, 5.41) is 0.723. The van der Waals surface area contributed by atoms with Gasteiger partial charge in [-0.1, -0.05) is 22.9 Å². The average Bonchev–Trinajstić information content (AvgIpc) is 2.96. The Hall–Kier alpha value is -1.91. The molecule has 0 saturated heterocycles. The van der Waals surface area contributed by atoms with Gasteiger partial charge in [0.05, 0.1) is 15.9 Å². The van der Waals surface area contributed by atoms with E-state index in [1.807, 2.05) is 28.8 Å². The van der Waals surface area contributed by atoms with E-state index in [4.69, 9.17) is 11.6 Å². The maximum Gasteiger partial charge on any atom is 0.195 e. The minimum Gasteiger partial charge on any atom is -0.290 e. The van der Waals surface area contributed by atoms with Crippen LogP contribution < -0.4 is 0 Å². The van der Waals surface area contributed by atoms with Crippen molar-refractivity contribution in [2.45, 2.75) is 0 Å². The quantitative estimate of drug-likeness (QED) is 0.483. The van der Waals surface area contributed by atoms with Crippen LogP contribution in [0.15, 0.2) is 48.7 Å². The molecule has 0 atom stereocenters. The highest BCUT2D eigenvalue weighted by molar-refractivity contribution is 7.23. The second kappa shape index (κ2) is 4.30. The fraction of sp³-hybridized carbons (Fsp3) is 0. The van der Waals surface area contributed by atoms with Crippen molar-refractivity contribution in [2.75, 3.05) is 0 Å². The van der Waals surface area contributed by atoms with Gasteiger partial charge in [-0.3, -0.25) is 4.40 Å². The molecule has 2 aromatic carbocycles. The third-order valence-electron chi connectivity index (χ3n) is 3.20. The minimum atomic E-state index is -0.241. The zero-order chi connectivity index (χ0) is 13.7. The fourth-order valence-corrected chi connectivity index (χ4v) is 3.52. The van der Waals surface area contributed by atoms with E-state index < -0.39 is 0 Å². The largest absolute Gasteiger partial charge is 0.290 e. The lowest BCUT2D eigenvalue weighted by molar-refractivity contribution is 0.628. The summed E-state index contributed by atoms with van der Waals surface area (Å²) in [6.07, 6.45) is 1.97. The van der Waals surface area contributed by atoms with Crippen LogP contribution in [0.25, 0.3) is 26.4 Å². The van der Waals surface area contributed by atoms with Crippen molar-refractivity contribution in [1.82, 2.24) is 9.38 Å². The molecule has 0 saturated carbocycles. The van der Waals surface area contributed by atoms with Crippen LogP contribution in [0.4, 0.5) is 4.39 Å². The Bertz CT molecular complexity index is 924. The number of nitrogens with zero attached hydrogens (tertiary/aromatic N) is 2. The molecule has 4 rings (SSSR count). The monoisotopic (exact) mass is 302 g/mol. The Morgan fingerprint density at radius 1 is 1.10 bits per heavy atom. The van der Waals surface area contributed by atoms with Crippen LogP contribution in [-0.4, -0.2) is 9.38 Å². The van der Waals surface area contributed by atoms with Crippen molar-refractivity contribution < 1.29 is 4.39 Å². The first-order valence-corrected chi connectivity index (χ1v) is 7.23. The van der Waals surface area contributed by atoms with Crippen molar-refractivity contribution >= 4 is 38.1 Å². The number of hydrogen-bond acceptors (Lipinski definition) is 2. The normalized spacial score (nSPS) is 11.5. The van der Waals surface area contributed by atoms with E-state index in [-0.39, 0.29) is 5.82 Å². The van der Waals surface area contributed by atoms with Crippen LogP contribution >= 0.6 is 22.9 Å². The summed E-state index contributed by atoms with van der Waals surface area (Å²) in [6.45, 7) is 0. The molecule has 0 bridgehead atoms. The van der Waals surface area contributed by atoms with Gasteiger partial charge in [0.2, 0.25) is 0 Å². The summed E-state index contributed by atoms with van der Waals surface area (Å²) in [7, 11) is 0. The van der Waals surface area contributed by atoms with Gasteiger partial charge in [-0.15, -0.1) is 0 Å². The molecule has 98 valence electrons. The van der Waals surface area contributed by atoms with E-state index in [1.165, 1.54) is 12.1 Å². The summed E-state index contributed by atoms with van der Waals surface area (Å²) < 4.78 is 16.1. The Morgan fingerprint density at radius 3 is 2.70 bits per heavy atom.